The van der Waals surface area contributed by atoms with E-state index in [4.69, 9.17) is 9.47 Å². The van der Waals surface area contributed by atoms with Gasteiger partial charge in [0, 0.05) is 23.5 Å². The summed E-state index contributed by atoms with van der Waals surface area (Å²) in [4.78, 5) is 16.9. The van der Waals surface area contributed by atoms with Crippen molar-refractivity contribution < 1.29 is 14.3 Å². The highest BCUT2D eigenvalue weighted by Crippen LogP contribution is 2.33. The molecule has 5 rings (SSSR count). The van der Waals surface area contributed by atoms with Crippen LogP contribution in [0.1, 0.15) is 15.9 Å². The normalized spacial score (nSPS) is 12.1. The van der Waals surface area contributed by atoms with Gasteiger partial charge in [0.05, 0.1) is 12.3 Å². The molecule has 4 aromatic rings. The summed E-state index contributed by atoms with van der Waals surface area (Å²) in [7, 11) is 0. The third-order valence-corrected chi connectivity index (χ3v) is 5.83. The lowest BCUT2D eigenvalue weighted by Crippen LogP contribution is -2.07. The Hall–Kier alpha value is -3.65. The lowest BCUT2D eigenvalue weighted by atomic mass is 10.1. The Morgan fingerprint density at radius 2 is 1.77 bits per heavy atom. The van der Waals surface area contributed by atoms with Crippen LogP contribution in [0.15, 0.2) is 78.2 Å². The highest BCUT2D eigenvalue weighted by atomic mass is 32.2. The second kappa shape index (κ2) is 8.61. The SMILES string of the molecule is O=C(CSc1nnc(-c2ccncc2)n1Cc1ccccc1)c1ccc2c(c1)OCO2. The molecule has 2 aromatic carbocycles. The molecular weight excluding hydrogens is 412 g/mol. The fourth-order valence-electron chi connectivity index (χ4n) is 3.30. The van der Waals surface area contributed by atoms with E-state index >= 15 is 0 Å². The number of carbonyl (C=O) groups is 1. The Labute approximate surface area is 183 Å². The van der Waals surface area contributed by atoms with Gasteiger partial charge in [-0.15, -0.1) is 10.2 Å². The maximum atomic E-state index is 12.8. The first-order valence-corrected chi connectivity index (χ1v) is 10.7. The number of fused-ring (bicyclic) bond motifs is 1. The molecule has 31 heavy (non-hydrogen) atoms. The number of rotatable bonds is 7. The van der Waals surface area contributed by atoms with Crippen molar-refractivity contribution in [3.05, 3.63) is 84.2 Å². The number of benzene rings is 2. The molecule has 0 amide bonds. The molecule has 1 aliphatic rings. The monoisotopic (exact) mass is 430 g/mol. The summed E-state index contributed by atoms with van der Waals surface area (Å²) >= 11 is 1.37. The van der Waals surface area contributed by atoms with E-state index in [1.165, 1.54) is 11.8 Å². The van der Waals surface area contributed by atoms with Gasteiger partial charge in [-0.2, -0.15) is 0 Å². The quantitative estimate of drug-likeness (QED) is 0.323. The molecule has 0 saturated carbocycles. The van der Waals surface area contributed by atoms with E-state index in [1.807, 2.05) is 34.9 Å². The lowest BCUT2D eigenvalue weighted by molar-refractivity contribution is 0.102. The van der Waals surface area contributed by atoms with Crippen molar-refractivity contribution in [2.24, 2.45) is 0 Å². The lowest BCUT2D eigenvalue weighted by Gasteiger charge is -2.10. The van der Waals surface area contributed by atoms with Crippen molar-refractivity contribution in [1.29, 1.82) is 0 Å². The molecule has 0 N–H and O–H groups in total. The standard InChI is InChI=1S/C23H18N4O3S/c28-19(18-6-7-20-21(12-18)30-15-29-20)14-31-23-26-25-22(17-8-10-24-11-9-17)27(23)13-16-4-2-1-3-5-16/h1-12H,13-15H2. The van der Waals surface area contributed by atoms with Gasteiger partial charge in [-0.05, 0) is 35.9 Å². The van der Waals surface area contributed by atoms with E-state index < -0.39 is 0 Å². The first-order valence-electron chi connectivity index (χ1n) is 9.71. The molecule has 0 fully saturated rings. The van der Waals surface area contributed by atoms with Gasteiger partial charge in [0.25, 0.3) is 0 Å². The third-order valence-electron chi connectivity index (χ3n) is 4.87. The van der Waals surface area contributed by atoms with Crippen LogP contribution < -0.4 is 9.47 Å². The van der Waals surface area contributed by atoms with Crippen molar-refractivity contribution in [3.8, 4) is 22.9 Å². The van der Waals surface area contributed by atoms with Crippen LogP contribution in [0.4, 0.5) is 0 Å². The summed E-state index contributed by atoms with van der Waals surface area (Å²) in [6.07, 6.45) is 3.46. The van der Waals surface area contributed by atoms with Crippen LogP contribution in [-0.2, 0) is 6.54 Å². The predicted molar refractivity (Wildman–Crippen MR) is 116 cm³/mol. The number of nitrogens with zero attached hydrogens (tertiary/aromatic N) is 4. The molecule has 154 valence electrons. The van der Waals surface area contributed by atoms with Gasteiger partial charge in [0.1, 0.15) is 0 Å². The third kappa shape index (κ3) is 4.15. The molecule has 1 aliphatic heterocycles. The van der Waals surface area contributed by atoms with Crippen LogP contribution >= 0.6 is 11.8 Å². The molecule has 0 spiro atoms. The second-order valence-electron chi connectivity index (χ2n) is 6.89. The first-order chi connectivity index (χ1) is 15.3. The highest BCUT2D eigenvalue weighted by molar-refractivity contribution is 7.99. The zero-order chi connectivity index (χ0) is 21.0. The van der Waals surface area contributed by atoms with Gasteiger partial charge in [-0.1, -0.05) is 42.1 Å². The number of hydrogen-bond acceptors (Lipinski definition) is 7. The Morgan fingerprint density at radius 1 is 0.968 bits per heavy atom. The van der Waals surface area contributed by atoms with Gasteiger partial charge in [0.2, 0.25) is 6.79 Å². The second-order valence-corrected chi connectivity index (χ2v) is 7.84. The molecule has 2 aromatic heterocycles. The number of Topliss-reactive ketones (excluding diaryl/α,β-unsaturated/α-hetero) is 1. The highest BCUT2D eigenvalue weighted by Gasteiger charge is 2.19. The van der Waals surface area contributed by atoms with Gasteiger partial charge in [-0.25, -0.2) is 0 Å². The zero-order valence-corrected chi connectivity index (χ0v) is 17.3. The summed E-state index contributed by atoms with van der Waals surface area (Å²) < 4.78 is 12.7. The first kappa shape index (κ1) is 19.3. The number of ether oxygens (including phenoxy) is 2. The van der Waals surface area contributed by atoms with Crippen LogP contribution in [0, 0.1) is 0 Å². The number of thioether (sulfide) groups is 1. The zero-order valence-electron chi connectivity index (χ0n) is 16.5. The minimum absolute atomic E-state index is 0.0111. The fraction of sp³-hybridized carbons (Fsp3) is 0.130. The van der Waals surface area contributed by atoms with Crippen LogP contribution in [0.3, 0.4) is 0 Å². The molecule has 0 bridgehead atoms. The molecule has 7 nitrogen and oxygen atoms in total. The number of aromatic nitrogens is 4. The smallest absolute Gasteiger partial charge is 0.231 e. The summed E-state index contributed by atoms with van der Waals surface area (Å²) in [5.41, 5.74) is 2.63. The van der Waals surface area contributed by atoms with Crippen molar-refractivity contribution in [1.82, 2.24) is 19.7 Å². The van der Waals surface area contributed by atoms with Gasteiger partial charge in [-0.3, -0.25) is 14.3 Å². The van der Waals surface area contributed by atoms with Gasteiger partial charge < -0.3 is 9.47 Å². The summed E-state index contributed by atoms with van der Waals surface area (Å²) in [5, 5.41) is 9.45. The Bertz CT molecular complexity index is 1210. The Morgan fingerprint density at radius 3 is 2.61 bits per heavy atom. The largest absolute Gasteiger partial charge is 0.454 e. The molecule has 0 radical (unpaired) electrons. The minimum atomic E-state index is -0.0111. The number of hydrogen-bond donors (Lipinski definition) is 0. The van der Waals surface area contributed by atoms with E-state index in [1.54, 1.807) is 30.6 Å². The van der Waals surface area contributed by atoms with Crippen LogP contribution in [0.25, 0.3) is 11.4 Å². The maximum Gasteiger partial charge on any atom is 0.231 e. The summed E-state index contributed by atoms with van der Waals surface area (Å²) in [5.74, 6) is 2.23. The van der Waals surface area contributed by atoms with E-state index in [2.05, 4.69) is 27.3 Å². The van der Waals surface area contributed by atoms with E-state index in [0.717, 1.165) is 17.0 Å². The average Bonchev–Trinajstić information content (AvgIpc) is 3.45. The molecular formula is C23H18N4O3S. The van der Waals surface area contributed by atoms with Crippen LogP contribution in [0.2, 0.25) is 0 Å². The Balaban J connectivity index is 1.39. The maximum absolute atomic E-state index is 12.8. The summed E-state index contributed by atoms with van der Waals surface area (Å²) in [6.45, 7) is 0.786. The Kier molecular flexibility index (Phi) is 5.37. The number of carbonyl (C=O) groups excluding carboxylic acids is 1. The van der Waals surface area contributed by atoms with Crippen LogP contribution in [-0.4, -0.2) is 38.1 Å². The minimum Gasteiger partial charge on any atom is -0.454 e. The average molecular weight is 430 g/mol. The molecule has 3 heterocycles. The van der Waals surface area contributed by atoms with E-state index in [-0.39, 0.29) is 18.3 Å². The molecule has 0 unspecified atom stereocenters. The molecule has 0 saturated heterocycles. The van der Waals surface area contributed by atoms with Crippen molar-refractivity contribution >= 4 is 17.5 Å². The van der Waals surface area contributed by atoms with E-state index in [9.17, 15) is 4.79 Å². The van der Waals surface area contributed by atoms with Crippen molar-refractivity contribution in [3.63, 3.8) is 0 Å². The fourth-order valence-corrected chi connectivity index (χ4v) is 4.13. The number of ketones is 1. The topological polar surface area (TPSA) is 79.1 Å². The van der Waals surface area contributed by atoms with Gasteiger partial charge in [0.15, 0.2) is 28.3 Å². The van der Waals surface area contributed by atoms with Crippen LogP contribution in [0.5, 0.6) is 11.5 Å². The molecule has 0 aliphatic carbocycles. The van der Waals surface area contributed by atoms with Crippen molar-refractivity contribution in [2.45, 2.75) is 11.7 Å². The number of pyridine rings is 1. The van der Waals surface area contributed by atoms with Gasteiger partial charge >= 0.3 is 0 Å². The van der Waals surface area contributed by atoms with Crippen molar-refractivity contribution in [2.75, 3.05) is 12.5 Å². The molecule has 8 heteroatoms. The van der Waals surface area contributed by atoms with E-state index in [0.29, 0.717) is 28.8 Å². The predicted octanol–water partition coefficient (Wildman–Crippen LogP) is 4.09. The summed E-state index contributed by atoms with van der Waals surface area (Å²) in [6, 6.07) is 19.2. The molecule has 0 atom stereocenters.